The molecule has 0 amide bonds. The highest BCUT2D eigenvalue weighted by atomic mass is 32.2. The van der Waals surface area contributed by atoms with Crippen molar-refractivity contribution < 1.29 is 9.47 Å². The van der Waals surface area contributed by atoms with E-state index in [4.69, 9.17) is 15.2 Å². The van der Waals surface area contributed by atoms with E-state index in [0.717, 1.165) is 31.8 Å². The Labute approximate surface area is 119 Å². The van der Waals surface area contributed by atoms with Gasteiger partial charge in [0.25, 0.3) is 0 Å². The number of benzene rings is 1. The second-order valence-electron chi connectivity index (χ2n) is 5.00. The molecular formula is C15H23NO2S. The van der Waals surface area contributed by atoms with Crippen molar-refractivity contribution in [3.8, 4) is 5.75 Å². The lowest BCUT2D eigenvalue weighted by atomic mass is 10.1. The van der Waals surface area contributed by atoms with Crippen molar-refractivity contribution in [2.24, 2.45) is 5.73 Å². The zero-order valence-electron chi connectivity index (χ0n) is 11.7. The first-order valence-electron chi connectivity index (χ1n) is 6.83. The summed E-state index contributed by atoms with van der Waals surface area (Å²) < 4.78 is 10.6. The third-order valence-corrected chi connectivity index (χ3v) is 5.28. The molecule has 1 aromatic carbocycles. The number of methoxy groups -OCH3 is 1. The zero-order valence-corrected chi connectivity index (χ0v) is 12.5. The van der Waals surface area contributed by atoms with Crippen molar-refractivity contribution >= 4 is 11.8 Å². The van der Waals surface area contributed by atoms with Crippen molar-refractivity contribution in [2.75, 3.05) is 20.3 Å². The second-order valence-corrected chi connectivity index (χ2v) is 6.45. The summed E-state index contributed by atoms with van der Waals surface area (Å²) in [7, 11) is 1.69. The Bertz CT molecular complexity index is 374. The molecule has 0 aliphatic carbocycles. The summed E-state index contributed by atoms with van der Waals surface area (Å²) in [5.74, 6) is 0.892. The molecule has 0 bridgehead atoms. The van der Waals surface area contributed by atoms with Crippen LogP contribution in [0.4, 0.5) is 0 Å². The van der Waals surface area contributed by atoms with Crippen LogP contribution in [0, 0.1) is 0 Å². The van der Waals surface area contributed by atoms with Gasteiger partial charge in [-0.3, -0.25) is 0 Å². The molecule has 1 fully saturated rings. The maximum Gasteiger partial charge on any atom is 0.118 e. The fourth-order valence-corrected chi connectivity index (χ4v) is 3.76. The van der Waals surface area contributed by atoms with Crippen LogP contribution in [-0.4, -0.2) is 31.6 Å². The largest absolute Gasteiger partial charge is 0.497 e. The van der Waals surface area contributed by atoms with Gasteiger partial charge in [0.2, 0.25) is 0 Å². The molecule has 0 aromatic heterocycles. The molecule has 19 heavy (non-hydrogen) atoms. The van der Waals surface area contributed by atoms with Crippen LogP contribution in [0.25, 0.3) is 0 Å². The van der Waals surface area contributed by atoms with E-state index in [1.807, 2.05) is 23.9 Å². The monoisotopic (exact) mass is 281 g/mol. The van der Waals surface area contributed by atoms with E-state index in [1.54, 1.807) is 7.11 Å². The van der Waals surface area contributed by atoms with Crippen LogP contribution in [-0.2, 0) is 4.74 Å². The average Bonchev–Trinajstić information content (AvgIpc) is 2.46. The summed E-state index contributed by atoms with van der Waals surface area (Å²) in [5, 5.41) is 1.00. The molecule has 0 radical (unpaired) electrons. The molecule has 1 aliphatic rings. The summed E-state index contributed by atoms with van der Waals surface area (Å²) in [6, 6.07) is 8.41. The van der Waals surface area contributed by atoms with Gasteiger partial charge in [-0.15, -0.1) is 11.8 Å². The molecule has 3 nitrogen and oxygen atoms in total. The van der Waals surface area contributed by atoms with Gasteiger partial charge in [-0.1, -0.05) is 12.1 Å². The number of hydrogen-bond acceptors (Lipinski definition) is 4. The van der Waals surface area contributed by atoms with E-state index in [9.17, 15) is 0 Å². The predicted octanol–water partition coefficient (Wildman–Crippen LogP) is 3.00. The Morgan fingerprint density at radius 1 is 1.26 bits per heavy atom. The quantitative estimate of drug-likeness (QED) is 0.901. The molecule has 2 atom stereocenters. The molecule has 1 heterocycles. The third kappa shape index (κ3) is 4.13. The predicted molar refractivity (Wildman–Crippen MR) is 80.8 cm³/mol. The summed E-state index contributed by atoms with van der Waals surface area (Å²) in [6.07, 6.45) is 2.26. The molecule has 2 unspecified atom stereocenters. The summed E-state index contributed by atoms with van der Waals surface area (Å²) in [4.78, 5) is 0. The van der Waals surface area contributed by atoms with Crippen LogP contribution >= 0.6 is 11.8 Å². The van der Waals surface area contributed by atoms with Crippen LogP contribution < -0.4 is 10.5 Å². The molecule has 1 aliphatic heterocycles. The van der Waals surface area contributed by atoms with Crippen molar-refractivity contribution in [2.45, 2.75) is 36.3 Å². The number of rotatable bonds is 5. The molecule has 2 N–H and O–H groups in total. The van der Waals surface area contributed by atoms with Gasteiger partial charge in [-0.05, 0) is 37.5 Å². The number of thioether (sulfide) groups is 1. The number of hydrogen-bond donors (Lipinski definition) is 1. The Hall–Kier alpha value is -0.710. The SMILES string of the molecule is COc1ccc(C(SC2CCOCC2)C(C)N)cc1. The fourth-order valence-electron chi connectivity index (χ4n) is 2.32. The minimum absolute atomic E-state index is 0.140. The van der Waals surface area contributed by atoms with E-state index < -0.39 is 0 Å². The van der Waals surface area contributed by atoms with Crippen molar-refractivity contribution in [1.82, 2.24) is 0 Å². The normalized spacial score (nSPS) is 19.9. The van der Waals surface area contributed by atoms with Gasteiger partial charge in [-0.2, -0.15) is 0 Å². The Kier molecular flexibility index (Phi) is 5.55. The van der Waals surface area contributed by atoms with E-state index >= 15 is 0 Å². The first kappa shape index (κ1) is 14.7. The molecule has 1 aromatic rings. The van der Waals surface area contributed by atoms with Crippen molar-refractivity contribution in [1.29, 1.82) is 0 Å². The Morgan fingerprint density at radius 3 is 2.42 bits per heavy atom. The lowest BCUT2D eigenvalue weighted by Crippen LogP contribution is -2.26. The summed E-state index contributed by atoms with van der Waals surface area (Å²) in [5.41, 5.74) is 7.46. The topological polar surface area (TPSA) is 44.5 Å². The van der Waals surface area contributed by atoms with Gasteiger partial charge in [0.05, 0.1) is 7.11 Å². The smallest absolute Gasteiger partial charge is 0.118 e. The summed E-state index contributed by atoms with van der Waals surface area (Å²) >= 11 is 1.99. The highest BCUT2D eigenvalue weighted by molar-refractivity contribution is 8.00. The van der Waals surface area contributed by atoms with Crippen LogP contribution in [0.3, 0.4) is 0 Å². The van der Waals surface area contributed by atoms with Crippen molar-refractivity contribution in [3.05, 3.63) is 29.8 Å². The Balaban J connectivity index is 2.05. The lowest BCUT2D eigenvalue weighted by Gasteiger charge is -2.28. The lowest BCUT2D eigenvalue weighted by molar-refractivity contribution is 0.0999. The highest BCUT2D eigenvalue weighted by Crippen LogP contribution is 2.38. The maximum absolute atomic E-state index is 6.17. The molecule has 0 saturated carbocycles. The Morgan fingerprint density at radius 2 is 1.89 bits per heavy atom. The minimum atomic E-state index is 0.140. The maximum atomic E-state index is 6.17. The van der Waals surface area contributed by atoms with Crippen LogP contribution in [0.5, 0.6) is 5.75 Å². The van der Waals surface area contributed by atoms with Crippen LogP contribution in [0.2, 0.25) is 0 Å². The second kappa shape index (κ2) is 7.17. The van der Waals surface area contributed by atoms with E-state index in [2.05, 4.69) is 19.1 Å². The first-order chi connectivity index (χ1) is 9.20. The van der Waals surface area contributed by atoms with E-state index in [0.29, 0.717) is 10.5 Å². The van der Waals surface area contributed by atoms with Gasteiger partial charge in [0.15, 0.2) is 0 Å². The van der Waals surface area contributed by atoms with Gasteiger partial charge >= 0.3 is 0 Å². The van der Waals surface area contributed by atoms with Gasteiger partial charge in [-0.25, -0.2) is 0 Å². The van der Waals surface area contributed by atoms with Gasteiger partial charge in [0, 0.05) is 29.8 Å². The molecule has 1 saturated heterocycles. The molecule has 106 valence electrons. The molecule has 2 rings (SSSR count). The first-order valence-corrected chi connectivity index (χ1v) is 7.77. The minimum Gasteiger partial charge on any atom is -0.497 e. The van der Waals surface area contributed by atoms with Crippen molar-refractivity contribution in [3.63, 3.8) is 0 Å². The standard InChI is InChI=1S/C15H23NO2S/c1-11(16)15(19-14-7-9-18-10-8-14)12-3-5-13(17-2)6-4-12/h3-6,11,14-15H,7-10,16H2,1-2H3. The molecular weight excluding hydrogens is 258 g/mol. The highest BCUT2D eigenvalue weighted by Gasteiger charge is 2.23. The van der Waals surface area contributed by atoms with E-state index in [-0.39, 0.29) is 6.04 Å². The average molecular weight is 281 g/mol. The third-order valence-electron chi connectivity index (χ3n) is 3.43. The van der Waals surface area contributed by atoms with E-state index in [1.165, 1.54) is 5.56 Å². The molecule has 0 spiro atoms. The number of nitrogens with two attached hydrogens (primary N) is 1. The fraction of sp³-hybridized carbons (Fsp3) is 0.600. The van der Waals surface area contributed by atoms with Crippen LogP contribution in [0.1, 0.15) is 30.6 Å². The van der Waals surface area contributed by atoms with Crippen LogP contribution in [0.15, 0.2) is 24.3 Å². The van der Waals surface area contributed by atoms with Gasteiger partial charge in [0.1, 0.15) is 5.75 Å². The van der Waals surface area contributed by atoms with Gasteiger partial charge < -0.3 is 15.2 Å². The summed E-state index contributed by atoms with van der Waals surface area (Å²) in [6.45, 7) is 3.85. The molecule has 4 heteroatoms. The zero-order chi connectivity index (χ0) is 13.7. The number of ether oxygens (including phenoxy) is 2.